The molecule has 8 nitrogen and oxygen atoms in total. The Bertz CT molecular complexity index is 776. The Hall–Kier alpha value is -2.55. The number of hydrogen-bond donors (Lipinski definition) is 3. The van der Waals surface area contributed by atoms with Gasteiger partial charge in [0.05, 0.1) is 5.75 Å². The molecule has 9 heteroatoms. The van der Waals surface area contributed by atoms with Gasteiger partial charge in [0.25, 0.3) is 0 Å². The van der Waals surface area contributed by atoms with E-state index in [0.717, 1.165) is 28.6 Å². The van der Waals surface area contributed by atoms with Crippen molar-refractivity contribution in [2.75, 3.05) is 5.75 Å². The van der Waals surface area contributed by atoms with Crippen molar-refractivity contribution in [2.45, 2.75) is 45.5 Å². The van der Waals surface area contributed by atoms with Crippen LogP contribution in [0.2, 0.25) is 0 Å². The van der Waals surface area contributed by atoms with Gasteiger partial charge in [0, 0.05) is 6.04 Å². The molecule has 0 unspecified atom stereocenters. The average Bonchev–Trinajstić information content (AvgIpc) is 3.01. The van der Waals surface area contributed by atoms with Crippen LogP contribution in [0, 0.1) is 13.8 Å². The number of imide groups is 1. The van der Waals surface area contributed by atoms with E-state index in [0.29, 0.717) is 11.0 Å². The minimum Gasteiger partial charge on any atom is -0.485 e. The number of hydrogen-bond acceptors (Lipinski definition) is 6. The zero-order chi connectivity index (χ0) is 19.1. The lowest BCUT2D eigenvalue weighted by atomic mass is 10.1. The summed E-state index contributed by atoms with van der Waals surface area (Å²) in [5, 5.41) is 12.1. The molecule has 0 fully saturated rings. The summed E-state index contributed by atoms with van der Waals surface area (Å²) in [6.07, 6.45) is 0. The number of thioether (sulfide) groups is 1. The summed E-state index contributed by atoms with van der Waals surface area (Å²) >= 11 is 1.14. The van der Waals surface area contributed by atoms with Crippen LogP contribution < -0.4 is 15.4 Å². The van der Waals surface area contributed by atoms with Gasteiger partial charge in [-0.05, 0) is 44.9 Å². The monoisotopic (exact) mass is 377 g/mol. The van der Waals surface area contributed by atoms with Gasteiger partial charge in [0.1, 0.15) is 12.4 Å². The lowest BCUT2D eigenvalue weighted by molar-refractivity contribution is -0.117. The van der Waals surface area contributed by atoms with E-state index in [-0.39, 0.29) is 18.4 Å². The van der Waals surface area contributed by atoms with Crippen LogP contribution in [0.5, 0.6) is 5.75 Å². The van der Waals surface area contributed by atoms with Crippen LogP contribution in [0.1, 0.15) is 30.8 Å². The first-order chi connectivity index (χ1) is 12.3. The van der Waals surface area contributed by atoms with Gasteiger partial charge in [-0.1, -0.05) is 23.9 Å². The SMILES string of the molecule is Cc1ccc(C)c(OCc2nc(SCC(=O)NC(=O)NC(C)C)n[nH]2)c1. The number of carbonyl (C=O) groups excluding carboxylic acids is 2. The molecule has 1 aromatic heterocycles. The minimum absolute atomic E-state index is 0.0388. The van der Waals surface area contributed by atoms with Crippen molar-refractivity contribution >= 4 is 23.7 Å². The summed E-state index contributed by atoms with van der Waals surface area (Å²) in [6, 6.07) is 5.44. The fraction of sp³-hybridized carbons (Fsp3) is 0.412. The molecule has 3 N–H and O–H groups in total. The first-order valence-corrected chi connectivity index (χ1v) is 9.16. The molecule has 0 aliphatic carbocycles. The molecule has 0 saturated carbocycles. The summed E-state index contributed by atoms with van der Waals surface area (Å²) in [4.78, 5) is 27.4. The lowest BCUT2D eigenvalue weighted by Gasteiger charge is -2.08. The Balaban J connectivity index is 1.79. The van der Waals surface area contributed by atoms with Gasteiger partial charge < -0.3 is 10.1 Å². The van der Waals surface area contributed by atoms with Gasteiger partial charge >= 0.3 is 6.03 Å². The number of aryl methyl sites for hydroxylation is 2. The standard InChI is InChI=1S/C17H23N5O3S/c1-10(2)18-16(24)20-15(23)9-26-17-19-14(21-22-17)8-25-13-7-11(3)5-6-12(13)4/h5-7,10H,8-9H2,1-4H3,(H,19,21,22)(H2,18,20,23,24). The maximum atomic E-state index is 11.7. The fourth-order valence-electron chi connectivity index (χ4n) is 2.01. The fourth-order valence-corrected chi connectivity index (χ4v) is 2.62. The van der Waals surface area contributed by atoms with Crippen LogP contribution in [0.25, 0.3) is 0 Å². The number of carbonyl (C=O) groups is 2. The van der Waals surface area contributed by atoms with Crippen LogP contribution in [0.15, 0.2) is 23.4 Å². The van der Waals surface area contributed by atoms with Crippen LogP contribution in [0.3, 0.4) is 0 Å². The normalized spacial score (nSPS) is 10.7. The molecule has 3 amide bonds. The van der Waals surface area contributed by atoms with Crippen LogP contribution in [-0.2, 0) is 11.4 Å². The average molecular weight is 377 g/mol. The van der Waals surface area contributed by atoms with Gasteiger partial charge in [0.15, 0.2) is 5.82 Å². The second kappa shape index (κ2) is 9.23. The zero-order valence-electron chi connectivity index (χ0n) is 15.3. The van der Waals surface area contributed by atoms with E-state index in [2.05, 4.69) is 25.8 Å². The highest BCUT2D eigenvalue weighted by atomic mass is 32.2. The number of ether oxygens (including phenoxy) is 1. The van der Waals surface area contributed by atoms with E-state index in [4.69, 9.17) is 4.74 Å². The Morgan fingerprint density at radius 3 is 2.81 bits per heavy atom. The van der Waals surface area contributed by atoms with Crippen molar-refractivity contribution in [1.29, 1.82) is 0 Å². The molecule has 0 aliphatic rings. The van der Waals surface area contributed by atoms with Gasteiger partial charge in [-0.3, -0.25) is 15.2 Å². The molecule has 0 bridgehead atoms. The summed E-state index contributed by atoms with van der Waals surface area (Å²) in [5.74, 6) is 0.990. The van der Waals surface area contributed by atoms with E-state index >= 15 is 0 Å². The zero-order valence-corrected chi connectivity index (χ0v) is 16.1. The number of aromatic nitrogens is 3. The maximum Gasteiger partial charge on any atom is 0.321 e. The smallest absolute Gasteiger partial charge is 0.321 e. The number of H-pyrrole nitrogens is 1. The van der Waals surface area contributed by atoms with Gasteiger partial charge in [0.2, 0.25) is 11.1 Å². The molecular formula is C17H23N5O3S. The maximum absolute atomic E-state index is 11.7. The number of benzene rings is 1. The van der Waals surface area contributed by atoms with E-state index in [1.807, 2.05) is 45.9 Å². The second-order valence-corrected chi connectivity index (χ2v) is 7.03. The number of aromatic amines is 1. The van der Waals surface area contributed by atoms with Gasteiger partial charge in [-0.25, -0.2) is 9.78 Å². The molecule has 0 aliphatic heterocycles. The van der Waals surface area contributed by atoms with Crippen molar-refractivity contribution in [1.82, 2.24) is 25.8 Å². The topological polar surface area (TPSA) is 109 Å². The lowest BCUT2D eigenvalue weighted by Crippen LogP contribution is -2.43. The third-order valence-corrected chi connectivity index (χ3v) is 4.07. The number of rotatable bonds is 7. The van der Waals surface area contributed by atoms with Crippen molar-refractivity contribution in [3.63, 3.8) is 0 Å². The number of amides is 3. The minimum atomic E-state index is -0.511. The molecular weight excluding hydrogens is 354 g/mol. The van der Waals surface area contributed by atoms with Crippen molar-refractivity contribution in [3.8, 4) is 5.75 Å². The van der Waals surface area contributed by atoms with Crippen LogP contribution in [-0.4, -0.2) is 38.9 Å². The summed E-state index contributed by atoms with van der Waals surface area (Å²) in [6.45, 7) is 7.86. The van der Waals surface area contributed by atoms with Crippen LogP contribution >= 0.6 is 11.8 Å². The predicted molar refractivity (Wildman–Crippen MR) is 99.2 cm³/mol. The highest BCUT2D eigenvalue weighted by molar-refractivity contribution is 7.99. The second-order valence-electron chi connectivity index (χ2n) is 6.09. The van der Waals surface area contributed by atoms with E-state index in [9.17, 15) is 9.59 Å². The van der Waals surface area contributed by atoms with E-state index in [1.165, 1.54) is 0 Å². The van der Waals surface area contributed by atoms with Gasteiger partial charge in [-0.2, -0.15) is 0 Å². The Labute approximate surface area is 156 Å². The molecule has 140 valence electrons. The number of nitrogens with one attached hydrogen (secondary N) is 3. The van der Waals surface area contributed by atoms with E-state index in [1.54, 1.807) is 0 Å². The Kier molecular flexibility index (Phi) is 7.02. The molecule has 2 rings (SSSR count). The third kappa shape index (κ3) is 6.40. The molecule has 0 spiro atoms. The molecule has 2 aromatic rings. The largest absolute Gasteiger partial charge is 0.485 e. The first kappa shape index (κ1) is 19.8. The molecule has 0 atom stereocenters. The quantitative estimate of drug-likeness (QED) is 0.639. The predicted octanol–water partition coefficient (Wildman–Crippen LogP) is 2.33. The third-order valence-electron chi connectivity index (χ3n) is 3.22. The van der Waals surface area contributed by atoms with Crippen molar-refractivity contribution in [2.24, 2.45) is 0 Å². The van der Waals surface area contributed by atoms with Crippen molar-refractivity contribution < 1.29 is 14.3 Å². The van der Waals surface area contributed by atoms with Gasteiger partial charge in [-0.15, -0.1) is 5.10 Å². The number of urea groups is 1. The molecule has 26 heavy (non-hydrogen) atoms. The molecule has 0 radical (unpaired) electrons. The Morgan fingerprint density at radius 2 is 2.08 bits per heavy atom. The molecule has 1 aromatic carbocycles. The van der Waals surface area contributed by atoms with E-state index < -0.39 is 11.9 Å². The summed E-state index contributed by atoms with van der Waals surface area (Å²) in [5.41, 5.74) is 2.16. The highest BCUT2D eigenvalue weighted by Crippen LogP contribution is 2.20. The van der Waals surface area contributed by atoms with Crippen LogP contribution in [0.4, 0.5) is 4.79 Å². The van der Waals surface area contributed by atoms with Crippen molar-refractivity contribution in [3.05, 3.63) is 35.2 Å². The summed E-state index contributed by atoms with van der Waals surface area (Å²) in [7, 11) is 0. The summed E-state index contributed by atoms with van der Waals surface area (Å²) < 4.78 is 5.76. The molecule has 1 heterocycles. The number of nitrogens with zero attached hydrogens (tertiary/aromatic N) is 2. The Morgan fingerprint density at radius 1 is 1.31 bits per heavy atom. The highest BCUT2D eigenvalue weighted by Gasteiger charge is 2.11. The molecule has 0 saturated heterocycles. The first-order valence-electron chi connectivity index (χ1n) is 8.18.